The van der Waals surface area contributed by atoms with Gasteiger partial charge in [-0.3, -0.25) is 4.98 Å². The molecule has 29 heavy (non-hydrogen) atoms. The molecule has 0 spiro atoms. The molecule has 150 valence electrons. The van der Waals surface area contributed by atoms with E-state index in [0.717, 1.165) is 16.5 Å². The van der Waals surface area contributed by atoms with Gasteiger partial charge in [0.25, 0.3) is 0 Å². The Morgan fingerprint density at radius 1 is 1.07 bits per heavy atom. The van der Waals surface area contributed by atoms with Gasteiger partial charge in [0.15, 0.2) is 5.11 Å². The first-order valence-corrected chi connectivity index (χ1v) is 11.3. The van der Waals surface area contributed by atoms with Gasteiger partial charge < -0.3 is 15.2 Å². The van der Waals surface area contributed by atoms with E-state index < -0.39 is 0 Å². The van der Waals surface area contributed by atoms with Crippen molar-refractivity contribution in [2.24, 2.45) is 0 Å². The summed E-state index contributed by atoms with van der Waals surface area (Å²) in [6.07, 6.45) is 1.84. The van der Waals surface area contributed by atoms with E-state index in [1.54, 1.807) is 0 Å². The third kappa shape index (κ3) is 3.68. The summed E-state index contributed by atoms with van der Waals surface area (Å²) < 4.78 is 1.25. The lowest BCUT2D eigenvalue weighted by atomic mass is 9.96. The molecule has 3 aromatic rings. The van der Waals surface area contributed by atoms with Crippen LogP contribution >= 0.6 is 34.8 Å². The summed E-state index contributed by atoms with van der Waals surface area (Å²) in [5.74, 6) is 0.500. The minimum Gasteiger partial charge on any atom is -0.362 e. The second kappa shape index (κ2) is 8.07. The molecule has 0 bridgehead atoms. The zero-order chi connectivity index (χ0) is 20.7. The Balaban J connectivity index is 1.85. The predicted molar refractivity (Wildman–Crippen MR) is 131 cm³/mol. The number of halogens is 1. The average molecular weight is 516 g/mol. The highest BCUT2D eigenvalue weighted by Gasteiger charge is 2.42. The third-order valence-corrected chi connectivity index (χ3v) is 7.28. The zero-order valence-corrected chi connectivity index (χ0v) is 20.0. The molecule has 2 N–H and O–H groups in total. The normalized spacial score (nSPS) is 19.1. The van der Waals surface area contributed by atoms with E-state index in [4.69, 9.17) is 12.2 Å². The second-order valence-electron chi connectivity index (χ2n) is 7.85. The minimum atomic E-state index is -0.0177. The Morgan fingerprint density at radius 2 is 1.79 bits per heavy atom. The summed E-state index contributed by atoms with van der Waals surface area (Å²) in [5.41, 5.74) is 7.06. The lowest BCUT2D eigenvalue weighted by Crippen LogP contribution is -2.29. The van der Waals surface area contributed by atoms with Crippen LogP contribution in [0.1, 0.15) is 60.1 Å². The van der Waals surface area contributed by atoms with Crippen molar-refractivity contribution in [1.29, 1.82) is 0 Å². The lowest BCUT2D eigenvalue weighted by molar-refractivity contribution is 0.564. The number of aromatic nitrogens is 2. The van der Waals surface area contributed by atoms with E-state index in [-0.39, 0.29) is 12.1 Å². The Morgan fingerprint density at radius 3 is 2.34 bits per heavy atom. The van der Waals surface area contributed by atoms with Crippen LogP contribution in [0.3, 0.4) is 0 Å². The fourth-order valence-electron chi connectivity index (χ4n) is 4.07. The molecule has 0 aliphatic carbocycles. The Hall–Kier alpha value is -1.93. The van der Waals surface area contributed by atoms with Crippen LogP contribution in [0.5, 0.6) is 0 Å². The predicted octanol–water partition coefficient (Wildman–Crippen LogP) is 5.93. The lowest BCUT2D eigenvalue weighted by Gasteiger charge is -2.28. The van der Waals surface area contributed by atoms with Gasteiger partial charge in [-0.1, -0.05) is 32.0 Å². The first-order chi connectivity index (χ1) is 13.9. The van der Waals surface area contributed by atoms with Gasteiger partial charge in [-0.2, -0.15) is 0 Å². The van der Waals surface area contributed by atoms with E-state index in [1.807, 2.05) is 18.3 Å². The van der Waals surface area contributed by atoms with Gasteiger partial charge in [0.05, 0.1) is 17.8 Å². The van der Waals surface area contributed by atoms with Gasteiger partial charge >= 0.3 is 0 Å². The molecular weight excluding hydrogens is 491 g/mol. The summed E-state index contributed by atoms with van der Waals surface area (Å²) >= 11 is 8.27. The van der Waals surface area contributed by atoms with E-state index in [2.05, 4.69) is 101 Å². The third-order valence-electron chi connectivity index (χ3n) is 5.58. The van der Waals surface area contributed by atoms with Crippen molar-refractivity contribution < 1.29 is 0 Å². The quantitative estimate of drug-likeness (QED) is 0.333. The maximum absolute atomic E-state index is 5.83. The number of anilines is 1. The molecule has 4 nitrogen and oxygen atoms in total. The van der Waals surface area contributed by atoms with E-state index in [9.17, 15) is 0 Å². The van der Waals surface area contributed by atoms with Gasteiger partial charge in [-0.25, -0.2) is 0 Å². The smallest absolute Gasteiger partial charge is 0.174 e. The highest BCUT2D eigenvalue weighted by molar-refractivity contribution is 14.1. The standard InChI is InChI=1S/C23H25IN4S/c1-13(2)16-8-10-17(11-9-16)28-22(19-14(3)26-15(4)20(19)24)21(27-23(28)29)18-7-5-6-12-25-18/h5-13,21-22,26H,1-4H3,(H,27,29)/t21-,22-/m0/s1. The number of pyridine rings is 1. The van der Waals surface area contributed by atoms with Crippen LogP contribution < -0.4 is 10.2 Å². The molecule has 4 rings (SSSR count). The highest BCUT2D eigenvalue weighted by atomic mass is 127. The monoisotopic (exact) mass is 516 g/mol. The fourth-order valence-corrected chi connectivity index (χ4v) is 5.27. The van der Waals surface area contributed by atoms with Gasteiger partial charge in [0.1, 0.15) is 0 Å². The molecule has 0 saturated carbocycles. The summed E-state index contributed by atoms with van der Waals surface area (Å²) in [4.78, 5) is 10.4. The number of thiocarbonyl (C=S) groups is 1. The van der Waals surface area contributed by atoms with Crippen molar-refractivity contribution in [2.45, 2.75) is 45.7 Å². The Bertz CT molecular complexity index is 1030. The topological polar surface area (TPSA) is 44.0 Å². The molecule has 1 aliphatic heterocycles. The summed E-state index contributed by atoms with van der Waals surface area (Å²) in [7, 11) is 0. The first kappa shape index (κ1) is 20.3. The maximum atomic E-state index is 5.83. The number of nitrogens with one attached hydrogen (secondary N) is 2. The molecule has 2 atom stereocenters. The summed E-state index contributed by atoms with van der Waals surface area (Å²) in [6.45, 7) is 8.69. The molecule has 0 amide bonds. The average Bonchev–Trinajstić information content (AvgIpc) is 3.17. The number of aromatic amines is 1. The second-order valence-corrected chi connectivity index (χ2v) is 9.31. The molecular formula is C23H25IN4S. The van der Waals surface area contributed by atoms with Crippen LogP contribution in [0, 0.1) is 17.4 Å². The van der Waals surface area contributed by atoms with Crippen molar-refractivity contribution >= 4 is 45.6 Å². The Labute approximate surface area is 191 Å². The minimum absolute atomic E-state index is 0.0177. The maximum Gasteiger partial charge on any atom is 0.174 e. The molecule has 6 heteroatoms. The van der Waals surface area contributed by atoms with E-state index >= 15 is 0 Å². The molecule has 0 unspecified atom stereocenters. The van der Waals surface area contributed by atoms with E-state index in [1.165, 1.54) is 26.1 Å². The molecule has 3 heterocycles. The first-order valence-electron chi connectivity index (χ1n) is 9.83. The number of nitrogens with zero attached hydrogens (tertiary/aromatic N) is 2. The van der Waals surface area contributed by atoms with Crippen molar-refractivity contribution in [1.82, 2.24) is 15.3 Å². The molecule has 1 aliphatic rings. The molecule has 1 saturated heterocycles. The molecule has 1 fully saturated rings. The van der Waals surface area contributed by atoms with Crippen LogP contribution in [0.2, 0.25) is 0 Å². The van der Waals surface area contributed by atoms with Crippen molar-refractivity contribution in [3.05, 3.63) is 80.4 Å². The molecule has 1 aromatic carbocycles. The van der Waals surface area contributed by atoms with E-state index in [0.29, 0.717) is 5.92 Å². The molecule has 2 aromatic heterocycles. The van der Waals surface area contributed by atoms with Crippen LogP contribution in [0.15, 0.2) is 48.7 Å². The number of hydrogen-bond acceptors (Lipinski definition) is 2. The SMILES string of the molecule is Cc1[nH]c(C)c([C@H]2[C@H](c3ccccn3)NC(=S)N2c2ccc(C(C)C)cc2)c1I. The van der Waals surface area contributed by atoms with Crippen LogP contribution in [-0.4, -0.2) is 15.1 Å². The number of H-pyrrole nitrogens is 1. The number of aryl methyl sites for hydroxylation is 2. The van der Waals surface area contributed by atoms with Crippen molar-refractivity contribution in [3.63, 3.8) is 0 Å². The van der Waals surface area contributed by atoms with Gasteiger partial charge in [0.2, 0.25) is 0 Å². The highest BCUT2D eigenvalue weighted by Crippen LogP contribution is 2.44. The zero-order valence-electron chi connectivity index (χ0n) is 17.0. The number of rotatable bonds is 4. The van der Waals surface area contributed by atoms with Gasteiger partial charge in [-0.15, -0.1) is 0 Å². The molecule has 0 radical (unpaired) electrons. The summed E-state index contributed by atoms with van der Waals surface area (Å²) in [6, 6.07) is 14.8. The number of benzene rings is 1. The summed E-state index contributed by atoms with van der Waals surface area (Å²) in [5, 5.41) is 4.28. The number of hydrogen-bond donors (Lipinski definition) is 2. The van der Waals surface area contributed by atoms with Crippen LogP contribution in [0.25, 0.3) is 0 Å². The fraction of sp³-hybridized carbons (Fsp3) is 0.304. The van der Waals surface area contributed by atoms with Crippen molar-refractivity contribution in [3.8, 4) is 0 Å². The van der Waals surface area contributed by atoms with Crippen LogP contribution in [0.4, 0.5) is 5.69 Å². The Kier molecular flexibility index (Phi) is 5.66. The van der Waals surface area contributed by atoms with Gasteiger partial charge in [-0.05, 0) is 84.4 Å². The van der Waals surface area contributed by atoms with Gasteiger partial charge in [0, 0.05) is 32.4 Å². The van der Waals surface area contributed by atoms with Crippen molar-refractivity contribution in [2.75, 3.05) is 4.90 Å². The van der Waals surface area contributed by atoms with Crippen LogP contribution in [-0.2, 0) is 0 Å². The largest absolute Gasteiger partial charge is 0.362 e.